The second kappa shape index (κ2) is 5.14. The Morgan fingerprint density at radius 2 is 1.83 bits per heavy atom. The zero-order valence-electron chi connectivity index (χ0n) is 10.6. The van der Waals surface area contributed by atoms with E-state index in [4.69, 9.17) is 5.11 Å². The molecule has 2 fully saturated rings. The van der Waals surface area contributed by atoms with Gasteiger partial charge in [0.2, 0.25) is 0 Å². The lowest BCUT2D eigenvalue weighted by molar-refractivity contribution is -0.142. The SMILES string of the molecule is CC1CCN(S(=O)(=O)N2CCCC(C(=O)O)C2)C1. The lowest BCUT2D eigenvalue weighted by Crippen LogP contribution is -2.48. The predicted octanol–water partition coefficient (Wildman–Crippen LogP) is 0.370. The fourth-order valence-electron chi connectivity index (χ4n) is 2.62. The van der Waals surface area contributed by atoms with Gasteiger partial charge in [-0.3, -0.25) is 4.79 Å². The number of piperidine rings is 1. The molecule has 2 rings (SSSR count). The molecule has 0 saturated carbocycles. The molecule has 0 bridgehead atoms. The molecular formula is C11H20N2O4S. The highest BCUT2D eigenvalue weighted by atomic mass is 32.2. The third-order valence-corrected chi connectivity index (χ3v) is 5.74. The Labute approximate surface area is 108 Å². The minimum absolute atomic E-state index is 0.114. The summed E-state index contributed by atoms with van der Waals surface area (Å²) >= 11 is 0. The van der Waals surface area contributed by atoms with Crippen LogP contribution in [0.25, 0.3) is 0 Å². The van der Waals surface area contributed by atoms with Crippen molar-refractivity contribution in [2.45, 2.75) is 26.2 Å². The normalized spacial score (nSPS) is 31.6. The Bertz CT molecular complexity index is 423. The first kappa shape index (κ1) is 13.8. The molecule has 0 aromatic rings. The number of carbonyl (C=O) groups is 1. The highest BCUT2D eigenvalue weighted by molar-refractivity contribution is 7.86. The molecule has 104 valence electrons. The van der Waals surface area contributed by atoms with E-state index in [1.165, 1.54) is 8.61 Å². The van der Waals surface area contributed by atoms with Crippen LogP contribution in [-0.4, -0.2) is 54.3 Å². The van der Waals surface area contributed by atoms with Crippen LogP contribution < -0.4 is 0 Å². The summed E-state index contributed by atoms with van der Waals surface area (Å²) in [7, 11) is -3.46. The van der Waals surface area contributed by atoms with Gasteiger partial charge < -0.3 is 5.11 Å². The smallest absolute Gasteiger partial charge is 0.307 e. The van der Waals surface area contributed by atoms with Gasteiger partial charge in [0.1, 0.15) is 0 Å². The summed E-state index contributed by atoms with van der Waals surface area (Å²) in [5.41, 5.74) is 0. The molecule has 2 atom stereocenters. The average molecular weight is 276 g/mol. The van der Waals surface area contributed by atoms with Crippen molar-refractivity contribution >= 4 is 16.2 Å². The summed E-state index contributed by atoms with van der Waals surface area (Å²) in [6.07, 6.45) is 2.08. The van der Waals surface area contributed by atoms with Gasteiger partial charge in [0.15, 0.2) is 0 Å². The van der Waals surface area contributed by atoms with Gasteiger partial charge in [0.05, 0.1) is 5.92 Å². The Hall–Kier alpha value is -0.660. The molecule has 2 unspecified atom stereocenters. The fraction of sp³-hybridized carbons (Fsp3) is 0.909. The van der Waals surface area contributed by atoms with E-state index < -0.39 is 22.1 Å². The van der Waals surface area contributed by atoms with Crippen LogP contribution in [0.5, 0.6) is 0 Å². The third kappa shape index (κ3) is 2.67. The molecule has 1 N–H and O–H groups in total. The predicted molar refractivity (Wildman–Crippen MR) is 66.2 cm³/mol. The molecule has 0 aromatic heterocycles. The monoisotopic (exact) mass is 276 g/mol. The van der Waals surface area contributed by atoms with E-state index in [2.05, 4.69) is 0 Å². The Morgan fingerprint density at radius 1 is 1.17 bits per heavy atom. The van der Waals surface area contributed by atoms with Crippen molar-refractivity contribution in [1.29, 1.82) is 0 Å². The number of hydrogen-bond acceptors (Lipinski definition) is 3. The maximum Gasteiger partial charge on any atom is 0.307 e. The molecule has 0 radical (unpaired) electrons. The van der Waals surface area contributed by atoms with Crippen LogP contribution in [0.2, 0.25) is 0 Å². The number of aliphatic carboxylic acids is 1. The molecule has 18 heavy (non-hydrogen) atoms. The summed E-state index contributed by atoms with van der Waals surface area (Å²) in [6.45, 7) is 3.69. The van der Waals surface area contributed by atoms with Crippen LogP contribution in [0, 0.1) is 11.8 Å². The largest absolute Gasteiger partial charge is 0.481 e. The number of carboxylic acid groups (broad SMARTS) is 1. The Balaban J connectivity index is 2.07. The number of carboxylic acids is 1. The first-order valence-electron chi connectivity index (χ1n) is 6.39. The molecule has 0 spiro atoms. The molecule has 0 aliphatic carbocycles. The summed E-state index contributed by atoms with van der Waals surface area (Å²) in [4.78, 5) is 11.0. The molecule has 2 heterocycles. The molecule has 2 aliphatic heterocycles. The highest BCUT2D eigenvalue weighted by Crippen LogP contribution is 2.25. The summed E-state index contributed by atoms with van der Waals surface area (Å²) < 4.78 is 27.5. The Morgan fingerprint density at radius 3 is 2.39 bits per heavy atom. The Kier molecular flexibility index (Phi) is 3.93. The van der Waals surface area contributed by atoms with E-state index in [0.717, 1.165) is 6.42 Å². The van der Waals surface area contributed by atoms with Gasteiger partial charge in [-0.05, 0) is 25.2 Å². The zero-order valence-corrected chi connectivity index (χ0v) is 11.4. The van der Waals surface area contributed by atoms with E-state index in [9.17, 15) is 13.2 Å². The fourth-order valence-corrected chi connectivity index (χ4v) is 4.45. The van der Waals surface area contributed by atoms with Gasteiger partial charge in [0.25, 0.3) is 10.2 Å². The molecule has 2 saturated heterocycles. The van der Waals surface area contributed by atoms with Gasteiger partial charge >= 0.3 is 5.97 Å². The topological polar surface area (TPSA) is 77.9 Å². The van der Waals surface area contributed by atoms with E-state index in [-0.39, 0.29) is 6.54 Å². The zero-order chi connectivity index (χ0) is 13.3. The van der Waals surface area contributed by atoms with Gasteiger partial charge in [-0.25, -0.2) is 0 Å². The van der Waals surface area contributed by atoms with Crippen molar-refractivity contribution in [3.63, 3.8) is 0 Å². The quantitative estimate of drug-likeness (QED) is 0.808. The van der Waals surface area contributed by atoms with Crippen LogP contribution in [0.4, 0.5) is 0 Å². The van der Waals surface area contributed by atoms with Crippen molar-refractivity contribution in [1.82, 2.24) is 8.61 Å². The first-order chi connectivity index (χ1) is 8.41. The molecule has 6 nitrogen and oxygen atoms in total. The molecule has 2 aliphatic rings. The van der Waals surface area contributed by atoms with E-state index in [1.54, 1.807) is 0 Å². The van der Waals surface area contributed by atoms with Crippen molar-refractivity contribution in [3.05, 3.63) is 0 Å². The standard InChI is InChI=1S/C11H20N2O4S/c1-9-4-6-13(7-9)18(16,17)12-5-2-3-10(8-12)11(14)15/h9-10H,2-8H2,1H3,(H,14,15). The van der Waals surface area contributed by atoms with E-state index in [0.29, 0.717) is 38.4 Å². The number of hydrogen-bond donors (Lipinski definition) is 1. The van der Waals surface area contributed by atoms with Crippen molar-refractivity contribution < 1.29 is 18.3 Å². The molecule has 0 aromatic carbocycles. The second-order valence-corrected chi connectivity index (χ2v) is 7.22. The molecular weight excluding hydrogens is 256 g/mol. The van der Waals surface area contributed by atoms with Gasteiger partial charge in [-0.1, -0.05) is 6.92 Å². The lowest BCUT2D eigenvalue weighted by Gasteiger charge is -2.32. The summed E-state index contributed by atoms with van der Waals surface area (Å²) in [5.74, 6) is -1.07. The van der Waals surface area contributed by atoms with Crippen LogP contribution in [0.15, 0.2) is 0 Å². The third-order valence-electron chi connectivity index (χ3n) is 3.77. The van der Waals surface area contributed by atoms with Gasteiger partial charge in [-0.2, -0.15) is 17.0 Å². The van der Waals surface area contributed by atoms with E-state index in [1.807, 2.05) is 6.92 Å². The first-order valence-corrected chi connectivity index (χ1v) is 7.79. The second-order valence-electron chi connectivity index (χ2n) is 5.30. The maximum absolute atomic E-state index is 12.4. The molecule has 0 amide bonds. The van der Waals surface area contributed by atoms with Crippen LogP contribution in [-0.2, 0) is 15.0 Å². The minimum Gasteiger partial charge on any atom is -0.481 e. The number of rotatable bonds is 3. The van der Waals surface area contributed by atoms with Crippen molar-refractivity contribution in [2.24, 2.45) is 11.8 Å². The van der Waals surface area contributed by atoms with Crippen LogP contribution >= 0.6 is 0 Å². The summed E-state index contributed by atoms with van der Waals surface area (Å²) in [6, 6.07) is 0. The summed E-state index contributed by atoms with van der Waals surface area (Å²) in [5, 5.41) is 8.99. The van der Waals surface area contributed by atoms with E-state index >= 15 is 0 Å². The van der Waals surface area contributed by atoms with Crippen molar-refractivity contribution in [3.8, 4) is 0 Å². The average Bonchev–Trinajstić information content (AvgIpc) is 2.77. The maximum atomic E-state index is 12.4. The van der Waals surface area contributed by atoms with Crippen LogP contribution in [0.1, 0.15) is 26.2 Å². The molecule has 7 heteroatoms. The minimum atomic E-state index is -3.46. The highest BCUT2D eigenvalue weighted by Gasteiger charge is 2.38. The van der Waals surface area contributed by atoms with Crippen molar-refractivity contribution in [2.75, 3.05) is 26.2 Å². The van der Waals surface area contributed by atoms with Gasteiger partial charge in [0, 0.05) is 26.2 Å². The van der Waals surface area contributed by atoms with Gasteiger partial charge in [-0.15, -0.1) is 0 Å². The van der Waals surface area contributed by atoms with Crippen LogP contribution in [0.3, 0.4) is 0 Å². The number of nitrogens with zero attached hydrogens (tertiary/aromatic N) is 2. The lowest BCUT2D eigenvalue weighted by atomic mass is 10.0.